The molecule has 30 heavy (non-hydrogen) atoms. The molecule has 5 heteroatoms. The zero-order valence-electron chi connectivity index (χ0n) is 17.7. The van der Waals surface area contributed by atoms with Crippen LogP contribution in [0.5, 0.6) is 5.75 Å². The predicted molar refractivity (Wildman–Crippen MR) is 117 cm³/mol. The molecule has 0 bridgehead atoms. The lowest BCUT2D eigenvalue weighted by Gasteiger charge is -2.24. The Hall–Kier alpha value is -3.08. The van der Waals surface area contributed by atoms with Crippen molar-refractivity contribution in [3.8, 4) is 5.75 Å². The smallest absolute Gasteiger partial charge is 0.257 e. The number of hydrogen-bond acceptors (Lipinski definition) is 2. The summed E-state index contributed by atoms with van der Waals surface area (Å²) in [5.74, 6) is 0.300. The molecule has 1 heterocycles. The van der Waals surface area contributed by atoms with Gasteiger partial charge in [-0.25, -0.2) is 4.39 Å². The Morgan fingerprint density at radius 2 is 1.90 bits per heavy atom. The highest BCUT2D eigenvalue weighted by Gasteiger charge is 2.20. The number of rotatable bonds is 10. The molecule has 0 unspecified atom stereocenters. The van der Waals surface area contributed by atoms with E-state index in [9.17, 15) is 9.18 Å². The highest BCUT2D eigenvalue weighted by molar-refractivity contribution is 5.96. The second-order valence-electron chi connectivity index (χ2n) is 7.39. The molecule has 0 aliphatic carbocycles. The van der Waals surface area contributed by atoms with E-state index < -0.39 is 0 Å². The van der Waals surface area contributed by atoms with Gasteiger partial charge in [-0.05, 0) is 48.4 Å². The number of halogens is 1. The summed E-state index contributed by atoms with van der Waals surface area (Å²) in [6.45, 7) is 3.88. The number of carbonyl (C=O) groups is 1. The maximum Gasteiger partial charge on any atom is 0.257 e. The van der Waals surface area contributed by atoms with E-state index in [0.717, 1.165) is 30.5 Å². The summed E-state index contributed by atoms with van der Waals surface area (Å²) in [5, 5.41) is 0. The van der Waals surface area contributed by atoms with Crippen molar-refractivity contribution in [3.63, 3.8) is 0 Å². The fourth-order valence-electron chi connectivity index (χ4n) is 3.57. The third kappa shape index (κ3) is 5.50. The van der Waals surface area contributed by atoms with Gasteiger partial charge in [0.1, 0.15) is 11.6 Å². The van der Waals surface area contributed by atoms with Gasteiger partial charge in [-0.1, -0.05) is 44.0 Å². The van der Waals surface area contributed by atoms with Crippen molar-refractivity contribution in [2.45, 2.75) is 39.3 Å². The Balaban J connectivity index is 1.82. The first kappa shape index (κ1) is 21.6. The summed E-state index contributed by atoms with van der Waals surface area (Å²) >= 11 is 0. The van der Waals surface area contributed by atoms with Gasteiger partial charge in [-0.3, -0.25) is 4.79 Å². The van der Waals surface area contributed by atoms with Crippen LogP contribution in [0.25, 0.3) is 0 Å². The van der Waals surface area contributed by atoms with Crippen molar-refractivity contribution < 1.29 is 13.9 Å². The van der Waals surface area contributed by atoms with E-state index in [1.54, 1.807) is 25.3 Å². The molecule has 0 atom stereocenters. The van der Waals surface area contributed by atoms with E-state index in [2.05, 4.69) is 11.5 Å². The monoisotopic (exact) mass is 408 g/mol. The van der Waals surface area contributed by atoms with Gasteiger partial charge >= 0.3 is 0 Å². The quantitative estimate of drug-likeness (QED) is 0.414. The van der Waals surface area contributed by atoms with Crippen LogP contribution in [0.3, 0.4) is 0 Å². The Labute approximate surface area is 177 Å². The molecule has 0 fully saturated rings. The van der Waals surface area contributed by atoms with Gasteiger partial charge in [-0.2, -0.15) is 0 Å². The third-order valence-corrected chi connectivity index (χ3v) is 5.17. The van der Waals surface area contributed by atoms with Gasteiger partial charge in [-0.15, -0.1) is 0 Å². The standard InChI is InChI=1S/C25H29FN2O2/c1-3-4-7-15-28(25(29)23-13-5-6-14-24(23)30-2)19-22-12-9-16-27(22)18-20-10-8-11-21(26)17-20/h5-6,8-14,16-17H,3-4,7,15,18-19H2,1-2H3. The molecule has 0 aliphatic heterocycles. The van der Waals surface area contributed by atoms with Gasteiger partial charge < -0.3 is 14.2 Å². The van der Waals surface area contributed by atoms with Crippen LogP contribution in [0.15, 0.2) is 66.9 Å². The minimum Gasteiger partial charge on any atom is -0.496 e. The molecule has 0 spiro atoms. The Morgan fingerprint density at radius 1 is 1.07 bits per heavy atom. The van der Waals surface area contributed by atoms with Crippen LogP contribution in [-0.4, -0.2) is 29.0 Å². The van der Waals surface area contributed by atoms with Crippen LogP contribution >= 0.6 is 0 Å². The van der Waals surface area contributed by atoms with E-state index in [0.29, 0.717) is 30.9 Å². The van der Waals surface area contributed by atoms with Crippen molar-refractivity contribution in [1.29, 1.82) is 0 Å². The Bertz CT molecular complexity index is 967. The van der Waals surface area contributed by atoms with Crippen molar-refractivity contribution >= 4 is 5.91 Å². The summed E-state index contributed by atoms with van der Waals surface area (Å²) in [7, 11) is 1.58. The Kier molecular flexibility index (Phi) is 7.66. The molecule has 0 N–H and O–H groups in total. The molecule has 1 aromatic heterocycles. The lowest BCUT2D eigenvalue weighted by atomic mass is 10.1. The summed E-state index contributed by atoms with van der Waals surface area (Å²) in [6, 6.07) is 17.9. The number of ether oxygens (including phenoxy) is 1. The average molecular weight is 409 g/mol. The molecular formula is C25H29FN2O2. The molecule has 0 aliphatic rings. The first-order valence-electron chi connectivity index (χ1n) is 10.4. The number of aromatic nitrogens is 1. The minimum absolute atomic E-state index is 0.0398. The minimum atomic E-state index is -0.242. The maximum absolute atomic E-state index is 13.6. The molecule has 1 amide bonds. The number of carbonyl (C=O) groups excluding carboxylic acids is 1. The lowest BCUT2D eigenvalue weighted by Crippen LogP contribution is -2.32. The molecule has 3 aromatic rings. The fraction of sp³-hybridized carbons (Fsp3) is 0.320. The second-order valence-corrected chi connectivity index (χ2v) is 7.39. The van der Waals surface area contributed by atoms with Crippen LogP contribution in [0.1, 0.15) is 47.8 Å². The predicted octanol–water partition coefficient (Wildman–Crippen LogP) is 5.52. The number of para-hydroxylation sites is 1. The molecule has 3 rings (SSSR count). The summed E-state index contributed by atoms with van der Waals surface area (Å²) in [6.07, 6.45) is 5.08. The number of benzene rings is 2. The van der Waals surface area contributed by atoms with Crippen LogP contribution in [0.2, 0.25) is 0 Å². The number of hydrogen-bond donors (Lipinski definition) is 0. The largest absolute Gasteiger partial charge is 0.496 e. The number of amides is 1. The van der Waals surface area contributed by atoms with Crippen molar-refractivity contribution in [1.82, 2.24) is 9.47 Å². The first-order chi connectivity index (χ1) is 14.6. The molecule has 0 radical (unpaired) electrons. The molecule has 2 aromatic carbocycles. The zero-order chi connectivity index (χ0) is 21.3. The molecule has 0 saturated heterocycles. The molecular weight excluding hydrogens is 379 g/mol. The lowest BCUT2D eigenvalue weighted by molar-refractivity contribution is 0.0733. The zero-order valence-corrected chi connectivity index (χ0v) is 17.7. The van der Waals surface area contributed by atoms with E-state index in [-0.39, 0.29) is 11.7 Å². The highest BCUT2D eigenvalue weighted by atomic mass is 19.1. The average Bonchev–Trinajstić information content (AvgIpc) is 3.19. The van der Waals surface area contributed by atoms with Gasteiger partial charge in [0.05, 0.1) is 19.2 Å². The summed E-state index contributed by atoms with van der Waals surface area (Å²) < 4.78 is 21.0. The summed E-state index contributed by atoms with van der Waals surface area (Å²) in [4.78, 5) is 15.2. The van der Waals surface area contributed by atoms with Crippen molar-refractivity contribution in [2.24, 2.45) is 0 Å². The number of unbranched alkanes of at least 4 members (excludes halogenated alkanes) is 2. The van der Waals surface area contributed by atoms with Crippen molar-refractivity contribution in [3.05, 3.63) is 89.5 Å². The van der Waals surface area contributed by atoms with Crippen LogP contribution in [0.4, 0.5) is 4.39 Å². The molecule has 0 saturated carbocycles. The maximum atomic E-state index is 13.6. The van der Waals surface area contributed by atoms with Crippen LogP contribution < -0.4 is 4.74 Å². The SMILES string of the molecule is CCCCCN(Cc1cccn1Cc1cccc(F)c1)C(=O)c1ccccc1OC. The molecule has 158 valence electrons. The number of methoxy groups -OCH3 is 1. The van der Waals surface area contributed by atoms with Gasteiger partial charge in [0.15, 0.2) is 0 Å². The van der Waals surface area contributed by atoms with Gasteiger partial charge in [0.2, 0.25) is 0 Å². The topological polar surface area (TPSA) is 34.5 Å². The third-order valence-electron chi connectivity index (χ3n) is 5.17. The normalized spacial score (nSPS) is 10.8. The van der Waals surface area contributed by atoms with Crippen LogP contribution in [-0.2, 0) is 13.1 Å². The van der Waals surface area contributed by atoms with E-state index in [4.69, 9.17) is 4.74 Å². The number of nitrogens with zero attached hydrogens (tertiary/aromatic N) is 2. The van der Waals surface area contributed by atoms with Crippen LogP contribution in [0, 0.1) is 5.82 Å². The summed E-state index contributed by atoms with van der Waals surface area (Å²) in [5.41, 5.74) is 2.47. The Morgan fingerprint density at radius 3 is 2.67 bits per heavy atom. The first-order valence-corrected chi connectivity index (χ1v) is 10.4. The van der Waals surface area contributed by atoms with E-state index >= 15 is 0 Å². The van der Waals surface area contributed by atoms with Gasteiger partial charge in [0, 0.05) is 25.0 Å². The second kappa shape index (κ2) is 10.6. The fourth-order valence-corrected chi connectivity index (χ4v) is 3.57. The van der Waals surface area contributed by atoms with Crippen molar-refractivity contribution in [2.75, 3.05) is 13.7 Å². The van der Waals surface area contributed by atoms with Gasteiger partial charge in [0.25, 0.3) is 5.91 Å². The van der Waals surface area contributed by atoms with E-state index in [1.165, 1.54) is 6.07 Å². The highest BCUT2D eigenvalue weighted by Crippen LogP contribution is 2.21. The molecule has 4 nitrogen and oxygen atoms in total. The van der Waals surface area contributed by atoms with E-state index in [1.807, 2.05) is 47.5 Å².